The van der Waals surface area contributed by atoms with E-state index in [1.165, 1.54) is 0 Å². The highest BCUT2D eigenvalue weighted by Gasteiger charge is 2.11. The molecule has 1 aromatic heterocycles. The monoisotopic (exact) mass is 402 g/mol. The number of carbonyl (C=O) groups excluding carboxylic acids is 2. The van der Waals surface area contributed by atoms with Crippen LogP contribution < -0.4 is 9.64 Å². The molecule has 30 heavy (non-hydrogen) atoms. The third-order valence-corrected chi connectivity index (χ3v) is 5.14. The minimum atomic E-state index is 0.0783. The van der Waals surface area contributed by atoms with Crippen LogP contribution in [0.2, 0.25) is 0 Å². The molecule has 1 amide bonds. The lowest BCUT2D eigenvalue weighted by Gasteiger charge is -2.16. The number of benzene rings is 2. The first-order valence-electron chi connectivity index (χ1n) is 10.0. The third kappa shape index (κ3) is 4.92. The topological polar surface area (TPSA) is 59.5 Å². The third-order valence-electron chi connectivity index (χ3n) is 5.14. The van der Waals surface area contributed by atoms with E-state index in [1.54, 1.807) is 25.3 Å². The van der Waals surface area contributed by atoms with Crippen LogP contribution in [0.25, 0.3) is 11.1 Å². The molecule has 0 fully saturated rings. The quantitative estimate of drug-likeness (QED) is 0.501. The summed E-state index contributed by atoms with van der Waals surface area (Å²) in [6.07, 6.45) is 3.13. The summed E-state index contributed by atoms with van der Waals surface area (Å²) >= 11 is 0. The van der Waals surface area contributed by atoms with E-state index >= 15 is 0 Å². The highest BCUT2D eigenvalue weighted by atomic mass is 16.5. The Balaban J connectivity index is 1.65. The standard InChI is InChI=1S/C25H26N2O3/c1-4-24(29)27(2)22-14-11-19(12-15-22)18-7-9-20(10-8-18)23(28)16-13-21-6-5-17-26-25(21)30-3/h5-12,14-15,17H,4,13,16H2,1-3H3. The number of anilines is 1. The number of methoxy groups -OCH3 is 1. The summed E-state index contributed by atoms with van der Waals surface area (Å²) in [6.45, 7) is 1.85. The summed E-state index contributed by atoms with van der Waals surface area (Å²) in [5, 5.41) is 0. The minimum absolute atomic E-state index is 0.0783. The Bertz CT molecular complexity index is 1010. The van der Waals surface area contributed by atoms with Gasteiger partial charge in [-0.25, -0.2) is 4.98 Å². The van der Waals surface area contributed by atoms with Crippen molar-refractivity contribution >= 4 is 17.4 Å². The maximum absolute atomic E-state index is 12.6. The van der Waals surface area contributed by atoms with Gasteiger partial charge in [0.25, 0.3) is 0 Å². The molecule has 0 saturated carbocycles. The van der Waals surface area contributed by atoms with Gasteiger partial charge in [-0.05, 0) is 35.7 Å². The summed E-state index contributed by atoms with van der Waals surface area (Å²) in [7, 11) is 3.36. The van der Waals surface area contributed by atoms with E-state index in [1.807, 2.05) is 67.6 Å². The Labute approximate surface area is 177 Å². The van der Waals surface area contributed by atoms with E-state index in [9.17, 15) is 9.59 Å². The fourth-order valence-electron chi connectivity index (χ4n) is 3.30. The summed E-state index contributed by atoms with van der Waals surface area (Å²) in [6, 6.07) is 19.2. The van der Waals surface area contributed by atoms with Crippen LogP contribution >= 0.6 is 0 Å². The second kappa shape index (κ2) is 9.83. The van der Waals surface area contributed by atoms with Crippen molar-refractivity contribution in [3.63, 3.8) is 0 Å². The Hall–Kier alpha value is -3.47. The number of amides is 1. The van der Waals surface area contributed by atoms with Crippen molar-refractivity contribution in [3.8, 4) is 17.0 Å². The van der Waals surface area contributed by atoms with Gasteiger partial charge >= 0.3 is 0 Å². The SMILES string of the molecule is CCC(=O)N(C)c1ccc(-c2ccc(C(=O)CCc3cccnc3OC)cc2)cc1. The second-order valence-electron chi connectivity index (χ2n) is 7.03. The molecule has 3 rings (SSSR count). The van der Waals surface area contributed by atoms with Crippen molar-refractivity contribution in [3.05, 3.63) is 78.0 Å². The zero-order valence-corrected chi connectivity index (χ0v) is 17.6. The number of Topliss-reactive ketones (excluding diaryl/α,β-unsaturated/α-hetero) is 1. The highest BCUT2D eigenvalue weighted by Crippen LogP contribution is 2.24. The number of rotatable bonds is 8. The van der Waals surface area contributed by atoms with Gasteiger partial charge in [-0.2, -0.15) is 0 Å². The van der Waals surface area contributed by atoms with E-state index in [4.69, 9.17) is 4.74 Å². The Kier molecular flexibility index (Phi) is 6.96. The number of carbonyl (C=O) groups is 2. The number of nitrogens with zero attached hydrogens (tertiary/aromatic N) is 2. The predicted octanol–water partition coefficient (Wildman–Crippen LogP) is 4.95. The fourth-order valence-corrected chi connectivity index (χ4v) is 3.30. The van der Waals surface area contributed by atoms with E-state index in [0.717, 1.165) is 22.4 Å². The molecule has 0 atom stereocenters. The van der Waals surface area contributed by atoms with E-state index < -0.39 is 0 Å². The van der Waals surface area contributed by atoms with Gasteiger partial charge in [-0.15, -0.1) is 0 Å². The number of ether oxygens (including phenoxy) is 1. The number of hydrogen-bond donors (Lipinski definition) is 0. The molecule has 0 spiro atoms. The van der Waals surface area contributed by atoms with E-state index in [0.29, 0.717) is 30.7 Å². The van der Waals surface area contributed by atoms with Crippen LogP contribution in [-0.4, -0.2) is 30.8 Å². The Morgan fingerprint density at radius 1 is 0.967 bits per heavy atom. The first-order valence-corrected chi connectivity index (χ1v) is 10.0. The molecule has 0 aliphatic carbocycles. The van der Waals surface area contributed by atoms with Gasteiger partial charge in [0.15, 0.2) is 5.78 Å². The molecule has 2 aromatic carbocycles. The highest BCUT2D eigenvalue weighted by molar-refractivity contribution is 5.96. The van der Waals surface area contributed by atoms with Crippen molar-refractivity contribution in [1.29, 1.82) is 0 Å². The molecule has 0 aliphatic heterocycles. The maximum atomic E-state index is 12.6. The number of aryl methyl sites for hydroxylation is 1. The summed E-state index contributed by atoms with van der Waals surface area (Å²) in [5.41, 5.74) is 4.54. The van der Waals surface area contributed by atoms with Gasteiger partial charge in [0.05, 0.1) is 7.11 Å². The molecule has 154 valence electrons. The van der Waals surface area contributed by atoms with Crippen LogP contribution in [0.15, 0.2) is 66.9 Å². The molecular weight excluding hydrogens is 376 g/mol. The molecular formula is C25H26N2O3. The van der Waals surface area contributed by atoms with Crippen LogP contribution in [0, 0.1) is 0 Å². The molecule has 0 aliphatic rings. The first-order chi connectivity index (χ1) is 14.5. The van der Waals surface area contributed by atoms with Gasteiger partial charge < -0.3 is 9.64 Å². The molecule has 0 saturated heterocycles. The fraction of sp³-hybridized carbons (Fsp3) is 0.240. The maximum Gasteiger partial charge on any atom is 0.226 e. The van der Waals surface area contributed by atoms with Crippen molar-refractivity contribution in [1.82, 2.24) is 4.98 Å². The average molecular weight is 402 g/mol. The molecule has 0 unspecified atom stereocenters. The number of ketones is 1. The van der Waals surface area contributed by atoms with E-state index in [2.05, 4.69) is 4.98 Å². The average Bonchev–Trinajstić information content (AvgIpc) is 2.81. The molecule has 5 nitrogen and oxygen atoms in total. The molecule has 3 aromatic rings. The van der Waals surface area contributed by atoms with E-state index in [-0.39, 0.29) is 11.7 Å². The lowest BCUT2D eigenvalue weighted by atomic mass is 9.99. The van der Waals surface area contributed by atoms with Crippen LogP contribution in [0.1, 0.15) is 35.7 Å². The first kappa shape index (κ1) is 21.2. The van der Waals surface area contributed by atoms with Gasteiger partial charge in [-0.1, -0.05) is 49.4 Å². The second-order valence-corrected chi connectivity index (χ2v) is 7.03. The van der Waals surface area contributed by atoms with Crippen molar-refractivity contribution in [2.45, 2.75) is 26.2 Å². The van der Waals surface area contributed by atoms with Gasteiger partial charge in [-0.3, -0.25) is 9.59 Å². The Morgan fingerprint density at radius 2 is 1.60 bits per heavy atom. The molecule has 1 heterocycles. The van der Waals surface area contributed by atoms with Gasteiger partial charge in [0.1, 0.15) is 0 Å². The zero-order valence-electron chi connectivity index (χ0n) is 17.6. The molecule has 0 bridgehead atoms. The molecule has 0 N–H and O–H groups in total. The van der Waals surface area contributed by atoms with Gasteiger partial charge in [0.2, 0.25) is 11.8 Å². The summed E-state index contributed by atoms with van der Waals surface area (Å²) in [4.78, 5) is 30.2. The zero-order chi connectivity index (χ0) is 21.5. The van der Waals surface area contributed by atoms with Crippen molar-refractivity contribution in [2.75, 3.05) is 19.1 Å². The number of pyridine rings is 1. The van der Waals surface area contributed by atoms with Crippen molar-refractivity contribution in [2.24, 2.45) is 0 Å². The normalized spacial score (nSPS) is 10.5. The lowest BCUT2D eigenvalue weighted by molar-refractivity contribution is -0.118. The summed E-state index contributed by atoms with van der Waals surface area (Å²) in [5.74, 6) is 0.729. The number of hydrogen-bond acceptors (Lipinski definition) is 4. The Morgan fingerprint density at radius 3 is 2.20 bits per heavy atom. The van der Waals surface area contributed by atoms with Crippen LogP contribution in [0.4, 0.5) is 5.69 Å². The van der Waals surface area contributed by atoms with Crippen LogP contribution in [0.3, 0.4) is 0 Å². The number of aromatic nitrogens is 1. The minimum Gasteiger partial charge on any atom is -0.481 e. The van der Waals surface area contributed by atoms with Crippen LogP contribution in [0.5, 0.6) is 5.88 Å². The summed E-state index contributed by atoms with van der Waals surface area (Å²) < 4.78 is 5.25. The lowest BCUT2D eigenvalue weighted by Crippen LogP contribution is -2.24. The molecule has 0 radical (unpaired) electrons. The smallest absolute Gasteiger partial charge is 0.226 e. The van der Waals surface area contributed by atoms with Crippen LogP contribution in [-0.2, 0) is 11.2 Å². The molecule has 5 heteroatoms. The van der Waals surface area contributed by atoms with Gasteiger partial charge in [0, 0.05) is 42.9 Å². The largest absolute Gasteiger partial charge is 0.481 e. The predicted molar refractivity (Wildman–Crippen MR) is 119 cm³/mol. The van der Waals surface area contributed by atoms with Crippen molar-refractivity contribution < 1.29 is 14.3 Å².